The first kappa shape index (κ1) is 31.3. The van der Waals surface area contributed by atoms with Gasteiger partial charge in [0.1, 0.15) is 18.1 Å². The van der Waals surface area contributed by atoms with Crippen LogP contribution >= 0.6 is 0 Å². The average molecular weight is 607 g/mol. The number of likely N-dealkylation sites (tertiary alicyclic amines) is 1. The van der Waals surface area contributed by atoms with E-state index in [0.717, 1.165) is 23.1 Å². The Morgan fingerprint density at radius 3 is 2.40 bits per heavy atom. The van der Waals surface area contributed by atoms with Crippen LogP contribution in [0.15, 0.2) is 96.8 Å². The van der Waals surface area contributed by atoms with Gasteiger partial charge in [-0.15, -0.1) is 0 Å². The van der Waals surface area contributed by atoms with Gasteiger partial charge < -0.3 is 24.2 Å². The molecular formula is C37H38N2O6. The first-order valence-electron chi connectivity index (χ1n) is 15.0. The lowest BCUT2D eigenvalue weighted by molar-refractivity contribution is -0.140. The highest BCUT2D eigenvalue weighted by atomic mass is 16.5. The van der Waals surface area contributed by atoms with Crippen LogP contribution in [-0.4, -0.2) is 40.4 Å². The summed E-state index contributed by atoms with van der Waals surface area (Å²) in [5.74, 6) is 0.381. The molecule has 1 aliphatic rings. The van der Waals surface area contributed by atoms with Gasteiger partial charge in [0, 0.05) is 24.5 Å². The van der Waals surface area contributed by atoms with Gasteiger partial charge in [0.15, 0.2) is 11.5 Å². The molecule has 8 heteroatoms. The van der Waals surface area contributed by atoms with Crippen LogP contribution in [0.25, 0.3) is 5.76 Å². The molecule has 4 aromatic rings. The van der Waals surface area contributed by atoms with Gasteiger partial charge in [-0.05, 0) is 78.4 Å². The van der Waals surface area contributed by atoms with E-state index in [9.17, 15) is 14.7 Å². The number of hydrogen-bond donors (Lipinski definition) is 1. The zero-order chi connectivity index (χ0) is 31.9. The van der Waals surface area contributed by atoms with Crippen LogP contribution < -0.4 is 14.2 Å². The SMILES string of the molecule is COc1cc(C2/C(=C(\O)c3ccc(OCc4cccc(C)c4)cc3)C(=O)C(=O)N2Cc2cccnc2)ccc1OCCC(C)C. The predicted octanol–water partition coefficient (Wildman–Crippen LogP) is 7.02. The summed E-state index contributed by atoms with van der Waals surface area (Å²) < 4.78 is 17.6. The van der Waals surface area contributed by atoms with E-state index in [4.69, 9.17) is 14.2 Å². The number of ketones is 1. The number of aryl methyl sites for hydroxylation is 1. The molecule has 3 aromatic carbocycles. The van der Waals surface area contributed by atoms with E-state index >= 15 is 0 Å². The van der Waals surface area contributed by atoms with E-state index in [0.29, 0.717) is 47.5 Å². The highest BCUT2D eigenvalue weighted by Crippen LogP contribution is 2.43. The van der Waals surface area contributed by atoms with Gasteiger partial charge in [-0.25, -0.2) is 0 Å². The minimum absolute atomic E-state index is 0.00662. The number of carbonyl (C=O) groups excluding carboxylic acids is 2. The zero-order valence-corrected chi connectivity index (χ0v) is 26.0. The summed E-state index contributed by atoms with van der Waals surface area (Å²) in [6.07, 6.45) is 4.18. The highest BCUT2D eigenvalue weighted by Gasteiger charge is 2.46. The van der Waals surface area contributed by atoms with Crippen molar-refractivity contribution in [1.29, 1.82) is 0 Å². The number of hydrogen-bond acceptors (Lipinski definition) is 7. The lowest BCUT2D eigenvalue weighted by atomic mass is 9.94. The Morgan fingerprint density at radius 1 is 0.933 bits per heavy atom. The minimum Gasteiger partial charge on any atom is -0.507 e. The number of methoxy groups -OCH3 is 1. The molecule has 1 N–H and O–H groups in total. The summed E-state index contributed by atoms with van der Waals surface area (Å²) in [5.41, 5.74) is 3.93. The number of ether oxygens (including phenoxy) is 3. The zero-order valence-electron chi connectivity index (χ0n) is 26.0. The summed E-state index contributed by atoms with van der Waals surface area (Å²) in [6.45, 7) is 7.33. The molecule has 0 radical (unpaired) electrons. The number of nitrogens with zero attached hydrogens (tertiary/aromatic N) is 2. The van der Waals surface area contributed by atoms with E-state index in [1.54, 1.807) is 68.0 Å². The first-order valence-corrected chi connectivity index (χ1v) is 15.0. The number of amides is 1. The third-order valence-corrected chi connectivity index (χ3v) is 7.69. The Morgan fingerprint density at radius 2 is 1.71 bits per heavy atom. The van der Waals surface area contributed by atoms with Crippen LogP contribution in [-0.2, 0) is 22.7 Å². The normalized spacial score (nSPS) is 15.8. The quantitative estimate of drug-likeness (QED) is 0.105. The molecule has 1 amide bonds. The summed E-state index contributed by atoms with van der Waals surface area (Å²) in [6, 6.07) is 23.0. The Bertz CT molecular complexity index is 1680. The van der Waals surface area contributed by atoms with Gasteiger partial charge in [-0.1, -0.05) is 55.8 Å². The lowest BCUT2D eigenvalue weighted by Gasteiger charge is -2.26. The Hall–Kier alpha value is -5.11. The van der Waals surface area contributed by atoms with Crippen molar-refractivity contribution in [2.45, 2.75) is 46.4 Å². The molecule has 5 rings (SSSR count). The van der Waals surface area contributed by atoms with Gasteiger partial charge in [0.05, 0.1) is 25.3 Å². The molecule has 1 atom stereocenters. The van der Waals surface area contributed by atoms with Gasteiger partial charge in [0.25, 0.3) is 11.7 Å². The maximum atomic E-state index is 13.6. The number of Topliss-reactive ketones (excluding diaryl/α,β-unsaturated/α-hetero) is 1. The number of aliphatic hydroxyl groups is 1. The number of aromatic nitrogens is 1. The molecule has 0 bridgehead atoms. The lowest BCUT2D eigenvalue weighted by Crippen LogP contribution is -2.29. The van der Waals surface area contributed by atoms with Crippen molar-refractivity contribution in [1.82, 2.24) is 9.88 Å². The maximum absolute atomic E-state index is 13.6. The highest BCUT2D eigenvalue weighted by molar-refractivity contribution is 6.46. The smallest absolute Gasteiger partial charge is 0.295 e. The molecule has 1 aliphatic heterocycles. The standard InChI is InChI=1S/C37H38N2O6/c1-24(2)16-18-44-31-15-12-29(20-32(31)43-4)34-33(36(41)37(42)39(34)22-27-9-6-17-38-21-27)35(40)28-10-13-30(14-11-28)45-23-26-8-5-7-25(3)19-26/h5-15,17,19-21,24,34,40H,16,18,22-23H2,1-4H3/b35-33+. The van der Waals surface area contributed by atoms with Crippen LogP contribution in [0.1, 0.15) is 54.1 Å². The first-order chi connectivity index (χ1) is 21.7. The molecule has 0 saturated carbocycles. The van der Waals surface area contributed by atoms with Crippen molar-refractivity contribution in [2.75, 3.05) is 13.7 Å². The van der Waals surface area contributed by atoms with Crippen molar-refractivity contribution in [3.8, 4) is 17.2 Å². The molecular weight excluding hydrogens is 568 g/mol. The maximum Gasteiger partial charge on any atom is 0.295 e. The Balaban J connectivity index is 1.49. The number of rotatable bonds is 12. The minimum atomic E-state index is -0.874. The van der Waals surface area contributed by atoms with Crippen LogP contribution in [0.3, 0.4) is 0 Å². The molecule has 232 valence electrons. The van der Waals surface area contributed by atoms with E-state index in [-0.39, 0.29) is 17.9 Å². The van der Waals surface area contributed by atoms with E-state index < -0.39 is 17.7 Å². The van der Waals surface area contributed by atoms with Crippen molar-refractivity contribution in [3.05, 3.63) is 125 Å². The van der Waals surface area contributed by atoms with Crippen LogP contribution in [0.4, 0.5) is 0 Å². The van der Waals surface area contributed by atoms with Crippen molar-refractivity contribution >= 4 is 17.4 Å². The van der Waals surface area contributed by atoms with E-state index in [1.807, 2.05) is 31.2 Å². The largest absolute Gasteiger partial charge is 0.507 e. The summed E-state index contributed by atoms with van der Waals surface area (Å²) >= 11 is 0. The van der Waals surface area contributed by atoms with Gasteiger partial charge in [-0.2, -0.15) is 0 Å². The molecule has 45 heavy (non-hydrogen) atoms. The van der Waals surface area contributed by atoms with Crippen LogP contribution in [0.5, 0.6) is 17.2 Å². The van der Waals surface area contributed by atoms with E-state index in [1.165, 1.54) is 4.90 Å². The second kappa shape index (κ2) is 14.1. The number of pyridine rings is 1. The third-order valence-electron chi connectivity index (χ3n) is 7.69. The second-order valence-corrected chi connectivity index (χ2v) is 11.5. The summed E-state index contributed by atoms with van der Waals surface area (Å²) in [5, 5.41) is 11.6. The molecule has 1 unspecified atom stereocenters. The van der Waals surface area contributed by atoms with Crippen molar-refractivity contribution in [3.63, 3.8) is 0 Å². The topological polar surface area (TPSA) is 98.2 Å². The third kappa shape index (κ3) is 7.34. The fourth-order valence-corrected chi connectivity index (χ4v) is 5.29. The van der Waals surface area contributed by atoms with Gasteiger partial charge >= 0.3 is 0 Å². The van der Waals surface area contributed by atoms with Gasteiger partial charge in [-0.3, -0.25) is 14.6 Å². The second-order valence-electron chi connectivity index (χ2n) is 11.5. The summed E-state index contributed by atoms with van der Waals surface area (Å²) in [7, 11) is 1.55. The average Bonchev–Trinajstić information content (AvgIpc) is 3.29. The Labute approximate surface area is 263 Å². The van der Waals surface area contributed by atoms with Crippen molar-refractivity contribution in [2.24, 2.45) is 5.92 Å². The van der Waals surface area contributed by atoms with Gasteiger partial charge in [0.2, 0.25) is 0 Å². The van der Waals surface area contributed by atoms with Crippen LogP contribution in [0.2, 0.25) is 0 Å². The van der Waals surface area contributed by atoms with E-state index in [2.05, 4.69) is 24.9 Å². The number of carbonyl (C=O) groups is 2. The monoisotopic (exact) mass is 606 g/mol. The summed E-state index contributed by atoms with van der Waals surface area (Å²) in [4.78, 5) is 32.7. The molecule has 8 nitrogen and oxygen atoms in total. The Kier molecular flexibility index (Phi) is 9.82. The van der Waals surface area contributed by atoms with Crippen LogP contribution in [0, 0.1) is 12.8 Å². The van der Waals surface area contributed by atoms with Crippen molar-refractivity contribution < 1.29 is 28.9 Å². The number of aliphatic hydroxyl groups excluding tert-OH is 1. The molecule has 1 aromatic heterocycles. The molecule has 0 aliphatic carbocycles. The molecule has 1 fully saturated rings. The molecule has 0 spiro atoms. The predicted molar refractivity (Wildman–Crippen MR) is 172 cm³/mol. The molecule has 2 heterocycles. The number of benzene rings is 3. The fraction of sp³-hybridized carbons (Fsp3) is 0.270. The fourth-order valence-electron chi connectivity index (χ4n) is 5.29. The molecule has 1 saturated heterocycles.